The van der Waals surface area contributed by atoms with Gasteiger partial charge in [-0.2, -0.15) is 5.10 Å². The van der Waals surface area contributed by atoms with Crippen LogP contribution in [0.15, 0.2) is 0 Å². The maximum absolute atomic E-state index is 5.97. The van der Waals surface area contributed by atoms with Crippen LogP contribution in [0.4, 0.5) is 5.82 Å². The predicted molar refractivity (Wildman–Crippen MR) is 69.3 cm³/mol. The standard InChI is InChI=1S/C11H21ClN4/c1-9-10(8-12)11(16(5)13-9)15(4)7-6-14(2)3/h6-8H2,1-5H3. The van der Waals surface area contributed by atoms with Crippen LogP contribution in [-0.2, 0) is 12.9 Å². The fourth-order valence-electron chi connectivity index (χ4n) is 1.78. The van der Waals surface area contributed by atoms with E-state index >= 15 is 0 Å². The Morgan fingerprint density at radius 3 is 2.38 bits per heavy atom. The molecule has 5 heteroatoms. The van der Waals surface area contributed by atoms with Crippen molar-refractivity contribution < 1.29 is 0 Å². The summed E-state index contributed by atoms with van der Waals surface area (Å²) in [6.45, 7) is 3.99. The molecule has 0 unspecified atom stereocenters. The van der Waals surface area contributed by atoms with Gasteiger partial charge in [0.2, 0.25) is 0 Å². The van der Waals surface area contributed by atoms with Crippen molar-refractivity contribution in [3.8, 4) is 0 Å². The minimum absolute atomic E-state index is 0.515. The van der Waals surface area contributed by atoms with E-state index in [9.17, 15) is 0 Å². The lowest BCUT2D eigenvalue weighted by Gasteiger charge is -2.22. The van der Waals surface area contributed by atoms with Crippen LogP contribution in [0.25, 0.3) is 0 Å². The van der Waals surface area contributed by atoms with Crippen LogP contribution in [0.2, 0.25) is 0 Å². The van der Waals surface area contributed by atoms with Crippen molar-refractivity contribution in [3.63, 3.8) is 0 Å². The van der Waals surface area contributed by atoms with Crippen LogP contribution in [0.1, 0.15) is 11.3 Å². The van der Waals surface area contributed by atoms with Crippen molar-refractivity contribution in [2.75, 3.05) is 39.1 Å². The largest absolute Gasteiger partial charge is 0.358 e. The summed E-state index contributed by atoms with van der Waals surface area (Å²) in [5.41, 5.74) is 2.15. The van der Waals surface area contributed by atoms with Gasteiger partial charge in [0.25, 0.3) is 0 Å². The molecule has 0 saturated carbocycles. The molecule has 0 aliphatic rings. The zero-order chi connectivity index (χ0) is 12.3. The first-order valence-electron chi connectivity index (χ1n) is 5.41. The molecule has 1 aromatic heterocycles. The second-order valence-corrected chi connectivity index (χ2v) is 4.64. The maximum Gasteiger partial charge on any atom is 0.131 e. The summed E-state index contributed by atoms with van der Waals surface area (Å²) in [6.07, 6.45) is 0. The molecule has 1 rings (SSSR count). The lowest BCUT2D eigenvalue weighted by atomic mass is 10.2. The summed E-state index contributed by atoms with van der Waals surface area (Å²) in [4.78, 5) is 4.37. The number of likely N-dealkylation sites (N-methyl/N-ethyl adjacent to an activating group) is 2. The molecule has 0 amide bonds. The molecule has 0 radical (unpaired) electrons. The SMILES string of the molecule is Cc1nn(C)c(N(C)CCN(C)C)c1CCl. The molecule has 16 heavy (non-hydrogen) atoms. The highest BCUT2D eigenvalue weighted by Crippen LogP contribution is 2.23. The van der Waals surface area contributed by atoms with Crippen molar-refractivity contribution in [1.29, 1.82) is 0 Å². The molecule has 0 saturated heterocycles. The number of rotatable bonds is 5. The van der Waals surface area contributed by atoms with E-state index in [2.05, 4.69) is 36.0 Å². The summed E-state index contributed by atoms with van der Waals surface area (Å²) in [6, 6.07) is 0. The normalized spacial score (nSPS) is 11.2. The van der Waals surface area contributed by atoms with Gasteiger partial charge in [-0.25, -0.2) is 0 Å². The van der Waals surface area contributed by atoms with Gasteiger partial charge in [-0.05, 0) is 21.0 Å². The Labute approximate surface area is 103 Å². The van der Waals surface area contributed by atoms with Crippen molar-refractivity contribution in [1.82, 2.24) is 14.7 Å². The highest BCUT2D eigenvalue weighted by atomic mass is 35.5. The van der Waals surface area contributed by atoms with Gasteiger partial charge >= 0.3 is 0 Å². The van der Waals surface area contributed by atoms with Gasteiger partial charge < -0.3 is 9.80 Å². The smallest absolute Gasteiger partial charge is 0.131 e. The highest BCUT2D eigenvalue weighted by Gasteiger charge is 2.15. The van der Waals surface area contributed by atoms with Gasteiger partial charge in [-0.15, -0.1) is 11.6 Å². The molecule has 0 bridgehead atoms. The van der Waals surface area contributed by atoms with E-state index in [0.29, 0.717) is 5.88 Å². The lowest BCUT2D eigenvalue weighted by Crippen LogP contribution is -2.30. The summed E-state index contributed by atoms with van der Waals surface area (Å²) >= 11 is 5.97. The van der Waals surface area contributed by atoms with Crippen LogP contribution < -0.4 is 4.90 Å². The molecule has 0 aliphatic carbocycles. The third-order valence-electron chi connectivity index (χ3n) is 2.69. The Balaban J connectivity index is 2.85. The number of anilines is 1. The van der Waals surface area contributed by atoms with Gasteiger partial charge in [-0.3, -0.25) is 4.68 Å². The van der Waals surface area contributed by atoms with Crippen molar-refractivity contribution in [2.24, 2.45) is 7.05 Å². The molecule has 4 nitrogen and oxygen atoms in total. The molecule has 0 N–H and O–H groups in total. The molecule has 0 aromatic carbocycles. The number of aromatic nitrogens is 2. The first-order chi connectivity index (χ1) is 7.47. The van der Waals surface area contributed by atoms with Crippen molar-refractivity contribution >= 4 is 17.4 Å². The van der Waals surface area contributed by atoms with Gasteiger partial charge in [0.15, 0.2) is 0 Å². The van der Waals surface area contributed by atoms with E-state index in [1.54, 1.807) is 0 Å². The topological polar surface area (TPSA) is 24.3 Å². The molecule has 0 fully saturated rings. The zero-order valence-corrected chi connectivity index (χ0v) is 11.5. The Kier molecular flexibility index (Phi) is 4.62. The third kappa shape index (κ3) is 2.89. The van der Waals surface area contributed by atoms with E-state index in [1.165, 1.54) is 0 Å². The van der Waals surface area contributed by atoms with Gasteiger partial charge in [0.1, 0.15) is 5.82 Å². The lowest BCUT2D eigenvalue weighted by molar-refractivity contribution is 0.415. The van der Waals surface area contributed by atoms with E-state index in [0.717, 1.165) is 30.2 Å². The van der Waals surface area contributed by atoms with Crippen molar-refractivity contribution in [3.05, 3.63) is 11.3 Å². The average molecular weight is 245 g/mol. The molecule has 1 heterocycles. The van der Waals surface area contributed by atoms with Gasteiger partial charge in [0.05, 0.1) is 11.6 Å². The number of nitrogens with zero attached hydrogens (tertiary/aromatic N) is 4. The first kappa shape index (κ1) is 13.3. The van der Waals surface area contributed by atoms with Crippen LogP contribution in [0.3, 0.4) is 0 Å². The number of hydrogen-bond donors (Lipinski definition) is 0. The van der Waals surface area contributed by atoms with E-state index in [-0.39, 0.29) is 0 Å². The van der Waals surface area contributed by atoms with Crippen LogP contribution in [-0.4, -0.2) is 48.9 Å². The van der Waals surface area contributed by atoms with Gasteiger partial charge in [-0.1, -0.05) is 0 Å². The summed E-state index contributed by atoms with van der Waals surface area (Å²) < 4.78 is 1.91. The fourth-order valence-corrected chi connectivity index (χ4v) is 2.09. The summed E-state index contributed by atoms with van der Waals surface area (Å²) in [5.74, 6) is 1.63. The summed E-state index contributed by atoms with van der Waals surface area (Å²) in [7, 11) is 8.19. The van der Waals surface area contributed by atoms with E-state index in [1.807, 2.05) is 18.7 Å². The Morgan fingerprint density at radius 1 is 1.25 bits per heavy atom. The third-order valence-corrected chi connectivity index (χ3v) is 2.96. The minimum atomic E-state index is 0.515. The van der Waals surface area contributed by atoms with Crippen LogP contribution in [0, 0.1) is 6.92 Å². The fraction of sp³-hybridized carbons (Fsp3) is 0.727. The Hall–Kier alpha value is -0.740. The Morgan fingerprint density at radius 2 is 1.88 bits per heavy atom. The quantitative estimate of drug-likeness (QED) is 0.734. The number of alkyl halides is 1. The summed E-state index contributed by atoms with van der Waals surface area (Å²) in [5, 5.41) is 4.41. The number of halogens is 1. The molecular formula is C11H21ClN4. The molecule has 1 aromatic rings. The first-order valence-corrected chi connectivity index (χ1v) is 5.95. The van der Waals surface area contributed by atoms with Crippen molar-refractivity contribution in [2.45, 2.75) is 12.8 Å². The molecule has 0 spiro atoms. The number of hydrogen-bond acceptors (Lipinski definition) is 3. The van der Waals surface area contributed by atoms with Crippen LogP contribution in [0.5, 0.6) is 0 Å². The monoisotopic (exact) mass is 244 g/mol. The minimum Gasteiger partial charge on any atom is -0.358 e. The predicted octanol–water partition coefficient (Wildman–Crippen LogP) is 1.47. The molecule has 0 aliphatic heterocycles. The average Bonchev–Trinajstić information content (AvgIpc) is 2.49. The highest BCUT2D eigenvalue weighted by molar-refractivity contribution is 6.17. The molecular weight excluding hydrogens is 224 g/mol. The van der Waals surface area contributed by atoms with E-state index < -0.39 is 0 Å². The second-order valence-electron chi connectivity index (χ2n) is 4.37. The van der Waals surface area contributed by atoms with E-state index in [4.69, 9.17) is 11.6 Å². The zero-order valence-electron chi connectivity index (χ0n) is 10.8. The van der Waals surface area contributed by atoms with Crippen LogP contribution >= 0.6 is 11.6 Å². The molecule has 92 valence electrons. The second kappa shape index (κ2) is 5.55. The Bertz CT molecular complexity index is 346. The maximum atomic E-state index is 5.97. The van der Waals surface area contributed by atoms with Gasteiger partial charge in [0, 0.05) is 32.7 Å². The number of aryl methyl sites for hydroxylation is 2. The molecule has 0 atom stereocenters.